The van der Waals surface area contributed by atoms with E-state index in [1.54, 1.807) is 0 Å². The maximum atomic E-state index is 13.3. The standard InChI is InChI=1S/C21H20F3N5O2/c22-21(23,24)16-9-26-20(28-19(16)31-15-11-30-12-15)27-14-5-3-4-13(8-14)17-10-25-18-6-1-2-7-29(17)18/h1-2,4,6-7,9-10,14-15H,3,5,8,11-12H2,(H,26,27,28)/t14-/m1/s1. The Bertz CT molecular complexity index is 1120. The summed E-state index contributed by atoms with van der Waals surface area (Å²) in [6, 6.07) is 5.80. The summed E-state index contributed by atoms with van der Waals surface area (Å²) in [5.41, 5.74) is 2.00. The van der Waals surface area contributed by atoms with E-state index in [4.69, 9.17) is 9.47 Å². The zero-order chi connectivity index (χ0) is 21.4. The van der Waals surface area contributed by atoms with Crippen LogP contribution in [0.1, 0.15) is 30.5 Å². The minimum Gasteiger partial charge on any atom is -0.469 e. The molecule has 1 N–H and O–H groups in total. The summed E-state index contributed by atoms with van der Waals surface area (Å²) < 4.78 is 52.4. The SMILES string of the molecule is FC(F)(F)c1cnc(N[C@@H]2CCC=C(c3cnc4ccccn34)C2)nc1OC1COC1. The molecule has 5 rings (SSSR count). The normalized spacial score (nSPS) is 19.7. The van der Waals surface area contributed by atoms with Crippen molar-refractivity contribution < 1.29 is 22.6 Å². The first-order valence-corrected chi connectivity index (χ1v) is 10.0. The van der Waals surface area contributed by atoms with Gasteiger partial charge in [-0.3, -0.25) is 0 Å². The van der Waals surface area contributed by atoms with E-state index in [2.05, 4.69) is 26.3 Å². The summed E-state index contributed by atoms with van der Waals surface area (Å²) in [6.07, 6.45) is 4.05. The van der Waals surface area contributed by atoms with Gasteiger partial charge in [0.2, 0.25) is 11.8 Å². The molecule has 10 heteroatoms. The van der Waals surface area contributed by atoms with Crippen molar-refractivity contribution in [1.82, 2.24) is 19.4 Å². The van der Waals surface area contributed by atoms with Gasteiger partial charge < -0.3 is 19.2 Å². The number of hydrogen-bond donors (Lipinski definition) is 1. The van der Waals surface area contributed by atoms with Crippen molar-refractivity contribution in [2.75, 3.05) is 18.5 Å². The number of alkyl halides is 3. The van der Waals surface area contributed by atoms with Gasteiger partial charge in [0, 0.05) is 18.4 Å². The first-order chi connectivity index (χ1) is 15.0. The van der Waals surface area contributed by atoms with Gasteiger partial charge in [-0.25, -0.2) is 9.97 Å². The molecule has 1 saturated heterocycles. The number of fused-ring (bicyclic) bond motifs is 1. The van der Waals surface area contributed by atoms with Crippen molar-refractivity contribution in [3.05, 3.63) is 54.1 Å². The lowest BCUT2D eigenvalue weighted by atomic mass is 9.93. The molecular weight excluding hydrogens is 411 g/mol. The first kappa shape index (κ1) is 19.8. The molecule has 31 heavy (non-hydrogen) atoms. The lowest BCUT2D eigenvalue weighted by Crippen LogP contribution is -2.39. The van der Waals surface area contributed by atoms with Gasteiger partial charge in [0.1, 0.15) is 17.3 Å². The average molecular weight is 431 g/mol. The van der Waals surface area contributed by atoms with Crippen LogP contribution < -0.4 is 10.1 Å². The Kier molecular flexibility index (Phi) is 5.01. The number of ether oxygens (including phenoxy) is 2. The number of aromatic nitrogens is 4. The predicted molar refractivity (Wildman–Crippen MR) is 107 cm³/mol. The number of anilines is 1. The number of allylic oxidation sites excluding steroid dienone is 1. The summed E-state index contributed by atoms with van der Waals surface area (Å²) in [6.45, 7) is 0.500. The zero-order valence-corrected chi connectivity index (χ0v) is 16.5. The molecule has 3 aromatic heterocycles. The number of nitrogens with zero attached hydrogens (tertiary/aromatic N) is 4. The largest absolute Gasteiger partial charge is 0.469 e. The van der Waals surface area contributed by atoms with E-state index in [-0.39, 0.29) is 25.2 Å². The molecule has 1 aliphatic carbocycles. The molecular formula is C21H20F3N5O2. The fourth-order valence-corrected chi connectivity index (χ4v) is 3.75. The summed E-state index contributed by atoms with van der Waals surface area (Å²) in [7, 11) is 0. The van der Waals surface area contributed by atoms with Crippen LogP contribution in [0.3, 0.4) is 0 Å². The quantitative estimate of drug-likeness (QED) is 0.659. The molecule has 0 unspecified atom stereocenters. The number of halogens is 3. The van der Waals surface area contributed by atoms with Crippen LogP contribution in [0, 0.1) is 0 Å². The van der Waals surface area contributed by atoms with Crippen molar-refractivity contribution in [3.63, 3.8) is 0 Å². The fourth-order valence-electron chi connectivity index (χ4n) is 3.75. The molecule has 1 atom stereocenters. The minimum atomic E-state index is -4.59. The molecule has 0 spiro atoms. The molecule has 3 aromatic rings. The Morgan fingerprint density at radius 2 is 2.03 bits per heavy atom. The van der Waals surface area contributed by atoms with Crippen LogP contribution in [0.4, 0.5) is 19.1 Å². The topological polar surface area (TPSA) is 73.6 Å². The predicted octanol–water partition coefficient (Wildman–Crippen LogP) is 3.97. The second-order valence-electron chi connectivity index (χ2n) is 7.61. The molecule has 0 aromatic carbocycles. The van der Waals surface area contributed by atoms with Crippen molar-refractivity contribution >= 4 is 17.2 Å². The Morgan fingerprint density at radius 3 is 2.81 bits per heavy atom. The van der Waals surface area contributed by atoms with Gasteiger partial charge in [0.05, 0.1) is 25.1 Å². The van der Waals surface area contributed by atoms with E-state index < -0.39 is 23.7 Å². The summed E-state index contributed by atoms with van der Waals surface area (Å²) in [4.78, 5) is 12.4. The van der Waals surface area contributed by atoms with Gasteiger partial charge in [-0.15, -0.1) is 0 Å². The Morgan fingerprint density at radius 1 is 1.16 bits per heavy atom. The maximum absolute atomic E-state index is 13.3. The monoisotopic (exact) mass is 431 g/mol. The van der Waals surface area contributed by atoms with Gasteiger partial charge in [0.25, 0.3) is 0 Å². The number of hydrogen-bond acceptors (Lipinski definition) is 6. The molecule has 4 heterocycles. The van der Waals surface area contributed by atoms with Crippen molar-refractivity contribution in [3.8, 4) is 5.88 Å². The summed E-state index contributed by atoms with van der Waals surface area (Å²) in [5, 5.41) is 3.18. The fraction of sp³-hybridized carbons (Fsp3) is 0.381. The van der Waals surface area contributed by atoms with E-state index in [0.29, 0.717) is 6.42 Å². The van der Waals surface area contributed by atoms with Gasteiger partial charge >= 0.3 is 6.18 Å². The second-order valence-corrected chi connectivity index (χ2v) is 7.61. The molecule has 0 saturated carbocycles. The lowest BCUT2D eigenvalue weighted by molar-refractivity contribution is -0.142. The van der Waals surface area contributed by atoms with Crippen LogP contribution in [-0.2, 0) is 10.9 Å². The van der Waals surface area contributed by atoms with E-state index in [1.165, 1.54) is 0 Å². The van der Waals surface area contributed by atoms with Crippen LogP contribution in [-0.4, -0.2) is 44.7 Å². The maximum Gasteiger partial charge on any atom is 0.423 e. The highest BCUT2D eigenvalue weighted by atomic mass is 19.4. The highest BCUT2D eigenvalue weighted by molar-refractivity contribution is 5.67. The minimum absolute atomic E-state index is 0.0223. The lowest BCUT2D eigenvalue weighted by Gasteiger charge is -2.28. The number of rotatable bonds is 5. The van der Waals surface area contributed by atoms with E-state index in [9.17, 15) is 13.2 Å². The van der Waals surface area contributed by atoms with Gasteiger partial charge in [-0.2, -0.15) is 18.2 Å². The number of imidazole rings is 1. The van der Waals surface area contributed by atoms with Crippen LogP contribution >= 0.6 is 0 Å². The summed E-state index contributed by atoms with van der Waals surface area (Å²) in [5.74, 6) is -0.348. The molecule has 0 bridgehead atoms. The van der Waals surface area contributed by atoms with Crippen molar-refractivity contribution in [2.24, 2.45) is 0 Å². The third kappa shape index (κ3) is 4.07. The smallest absolute Gasteiger partial charge is 0.423 e. The van der Waals surface area contributed by atoms with Gasteiger partial charge in [-0.05, 0) is 37.0 Å². The molecule has 7 nitrogen and oxygen atoms in total. The Balaban J connectivity index is 1.35. The number of nitrogens with one attached hydrogen (secondary N) is 1. The van der Waals surface area contributed by atoms with Crippen molar-refractivity contribution in [1.29, 1.82) is 0 Å². The highest BCUT2D eigenvalue weighted by Gasteiger charge is 2.38. The first-order valence-electron chi connectivity index (χ1n) is 10.0. The molecule has 0 radical (unpaired) electrons. The average Bonchev–Trinajstić information content (AvgIpc) is 3.14. The molecule has 0 amide bonds. The van der Waals surface area contributed by atoms with Gasteiger partial charge in [-0.1, -0.05) is 12.1 Å². The van der Waals surface area contributed by atoms with Crippen molar-refractivity contribution in [2.45, 2.75) is 37.6 Å². The molecule has 1 aliphatic heterocycles. The highest BCUT2D eigenvalue weighted by Crippen LogP contribution is 2.36. The van der Waals surface area contributed by atoms with Gasteiger partial charge in [0.15, 0.2) is 0 Å². The Labute approximate surface area is 175 Å². The van der Waals surface area contributed by atoms with E-state index in [1.807, 2.05) is 35.0 Å². The third-order valence-electron chi connectivity index (χ3n) is 5.40. The third-order valence-corrected chi connectivity index (χ3v) is 5.40. The summed E-state index contributed by atoms with van der Waals surface area (Å²) >= 11 is 0. The van der Waals surface area contributed by atoms with Crippen LogP contribution in [0.2, 0.25) is 0 Å². The zero-order valence-electron chi connectivity index (χ0n) is 16.5. The molecule has 162 valence electrons. The molecule has 1 fully saturated rings. The van der Waals surface area contributed by atoms with Crippen LogP contribution in [0.5, 0.6) is 5.88 Å². The number of pyridine rings is 1. The molecule has 2 aliphatic rings. The van der Waals surface area contributed by atoms with Crippen LogP contribution in [0.25, 0.3) is 11.2 Å². The van der Waals surface area contributed by atoms with Crippen LogP contribution in [0.15, 0.2) is 42.9 Å². The Hall–Kier alpha value is -3.14. The van der Waals surface area contributed by atoms with E-state index in [0.717, 1.165) is 36.0 Å². The second kappa shape index (κ2) is 7.84. The van der Waals surface area contributed by atoms with E-state index >= 15 is 0 Å².